The summed E-state index contributed by atoms with van der Waals surface area (Å²) in [6.07, 6.45) is 5.25. The van der Waals surface area contributed by atoms with Gasteiger partial charge in [0, 0.05) is 31.2 Å². The van der Waals surface area contributed by atoms with E-state index in [1.165, 1.54) is 6.33 Å². The minimum Gasteiger partial charge on any atom is -0.352 e. The largest absolute Gasteiger partial charge is 0.352 e. The third-order valence-electron chi connectivity index (χ3n) is 3.03. The predicted octanol–water partition coefficient (Wildman–Crippen LogP) is 2.51. The quantitative estimate of drug-likeness (QED) is 0.909. The molecule has 118 valence electrons. The molecule has 3 rings (SSSR count). The summed E-state index contributed by atoms with van der Waals surface area (Å²) in [7, 11) is 0. The fraction of sp³-hybridized carbons (Fsp3) is 0.400. The van der Waals surface area contributed by atoms with Crippen molar-refractivity contribution in [1.82, 2.24) is 20.3 Å². The Kier molecular flexibility index (Phi) is 5.83. The van der Waals surface area contributed by atoms with Crippen LogP contribution in [0.1, 0.15) is 20.8 Å². The molecule has 1 amide bonds. The fourth-order valence-electron chi connectivity index (χ4n) is 2.12. The van der Waals surface area contributed by atoms with Crippen molar-refractivity contribution in [2.24, 2.45) is 0 Å². The molecule has 2 aromatic heterocycles. The molecule has 7 heteroatoms. The lowest BCUT2D eigenvalue weighted by atomic mass is 10.3. The predicted molar refractivity (Wildman–Crippen MR) is 91.8 cm³/mol. The zero-order chi connectivity index (χ0) is 15.9. The SMILES string of the molecule is CC.CCNC(=O)C1=CN(c2ncnc3[nH]ccc23)CCS1. The molecule has 3 heterocycles. The highest BCUT2D eigenvalue weighted by molar-refractivity contribution is 8.04. The number of fused-ring (bicyclic) bond motifs is 1. The van der Waals surface area contributed by atoms with Crippen LogP contribution in [0.15, 0.2) is 29.7 Å². The number of likely N-dealkylation sites (N-methyl/N-ethyl adjacent to an activating group) is 1. The van der Waals surface area contributed by atoms with E-state index in [1.807, 2.05) is 44.1 Å². The first kappa shape index (κ1) is 16.4. The molecule has 0 bridgehead atoms. The van der Waals surface area contributed by atoms with Crippen LogP contribution in [0.4, 0.5) is 5.82 Å². The van der Waals surface area contributed by atoms with Crippen molar-refractivity contribution in [3.05, 3.63) is 29.7 Å². The van der Waals surface area contributed by atoms with E-state index in [0.717, 1.165) is 34.1 Å². The number of hydrogen-bond donors (Lipinski definition) is 2. The van der Waals surface area contributed by atoms with Gasteiger partial charge in [-0.2, -0.15) is 0 Å². The van der Waals surface area contributed by atoms with Gasteiger partial charge in [-0.3, -0.25) is 4.79 Å². The van der Waals surface area contributed by atoms with Gasteiger partial charge in [0.2, 0.25) is 0 Å². The van der Waals surface area contributed by atoms with E-state index in [2.05, 4.69) is 20.3 Å². The summed E-state index contributed by atoms with van der Waals surface area (Å²) in [6, 6.07) is 1.95. The molecular weight excluding hydrogens is 298 g/mol. The molecule has 0 aliphatic carbocycles. The number of amides is 1. The van der Waals surface area contributed by atoms with Crippen molar-refractivity contribution in [2.75, 3.05) is 23.7 Å². The van der Waals surface area contributed by atoms with Crippen molar-refractivity contribution in [3.8, 4) is 0 Å². The molecule has 0 saturated carbocycles. The molecule has 22 heavy (non-hydrogen) atoms. The average Bonchev–Trinajstić information content (AvgIpc) is 3.05. The van der Waals surface area contributed by atoms with E-state index in [-0.39, 0.29) is 5.91 Å². The normalized spacial score (nSPS) is 14.1. The molecule has 2 aromatic rings. The van der Waals surface area contributed by atoms with E-state index in [1.54, 1.807) is 11.8 Å². The zero-order valence-corrected chi connectivity index (χ0v) is 13.9. The second-order valence-electron chi connectivity index (χ2n) is 4.33. The van der Waals surface area contributed by atoms with E-state index in [9.17, 15) is 4.79 Å². The van der Waals surface area contributed by atoms with Crippen molar-refractivity contribution in [3.63, 3.8) is 0 Å². The molecule has 2 N–H and O–H groups in total. The molecule has 0 aromatic carbocycles. The Morgan fingerprint density at radius 1 is 1.45 bits per heavy atom. The summed E-state index contributed by atoms with van der Waals surface area (Å²) in [5.41, 5.74) is 0.807. The monoisotopic (exact) mass is 319 g/mol. The molecule has 0 atom stereocenters. The Bertz CT molecular complexity index is 667. The highest BCUT2D eigenvalue weighted by atomic mass is 32.2. The Hall–Kier alpha value is -2.02. The molecule has 0 radical (unpaired) electrons. The van der Waals surface area contributed by atoms with Crippen molar-refractivity contribution in [1.29, 1.82) is 0 Å². The number of thioether (sulfide) groups is 1. The van der Waals surface area contributed by atoms with E-state index in [0.29, 0.717) is 6.54 Å². The fourth-order valence-corrected chi connectivity index (χ4v) is 3.04. The number of H-pyrrole nitrogens is 1. The summed E-state index contributed by atoms with van der Waals surface area (Å²) in [5, 5.41) is 3.79. The van der Waals surface area contributed by atoms with Crippen LogP contribution in [0, 0.1) is 0 Å². The van der Waals surface area contributed by atoms with Gasteiger partial charge in [0.1, 0.15) is 17.8 Å². The first-order valence-electron chi connectivity index (χ1n) is 7.47. The van der Waals surface area contributed by atoms with Gasteiger partial charge in [0.15, 0.2) is 0 Å². The molecule has 1 aliphatic rings. The third kappa shape index (κ3) is 3.41. The first-order valence-corrected chi connectivity index (χ1v) is 8.45. The van der Waals surface area contributed by atoms with Gasteiger partial charge < -0.3 is 15.2 Å². The minimum atomic E-state index is -0.0263. The number of aromatic nitrogens is 3. The van der Waals surface area contributed by atoms with E-state index >= 15 is 0 Å². The van der Waals surface area contributed by atoms with Crippen LogP contribution in [-0.2, 0) is 4.79 Å². The summed E-state index contributed by atoms with van der Waals surface area (Å²) in [6.45, 7) is 7.37. The Morgan fingerprint density at radius 3 is 3.05 bits per heavy atom. The summed E-state index contributed by atoms with van der Waals surface area (Å²) in [5.74, 6) is 1.67. The van der Waals surface area contributed by atoms with Crippen LogP contribution in [0.3, 0.4) is 0 Å². The lowest BCUT2D eigenvalue weighted by Crippen LogP contribution is -2.30. The van der Waals surface area contributed by atoms with Crippen LogP contribution >= 0.6 is 11.8 Å². The first-order chi connectivity index (χ1) is 10.8. The molecule has 0 spiro atoms. The highest BCUT2D eigenvalue weighted by Gasteiger charge is 2.20. The summed E-state index contributed by atoms with van der Waals surface area (Å²) < 4.78 is 0. The molecule has 6 nitrogen and oxygen atoms in total. The van der Waals surface area contributed by atoms with Crippen LogP contribution < -0.4 is 10.2 Å². The number of anilines is 1. The molecular formula is C15H21N5OS. The van der Waals surface area contributed by atoms with E-state index < -0.39 is 0 Å². The number of rotatable bonds is 3. The Balaban J connectivity index is 0.000000847. The number of hydrogen-bond acceptors (Lipinski definition) is 5. The van der Waals surface area contributed by atoms with Crippen molar-refractivity contribution in [2.45, 2.75) is 20.8 Å². The molecule has 0 saturated heterocycles. The maximum absolute atomic E-state index is 11.9. The summed E-state index contributed by atoms with van der Waals surface area (Å²) in [4.78, 5) is 26.3. The van der Waals surface area contributed by atoms with Gasteiger partial charge in [-0.1, -0.05) is 13.8 Å². The van der Waals surface area contributed by atoms with Gasteiger partial charge in [0.25, 0.3) is 5.91 Å². The second-order valence-corrected chi connectivity index (χ2v) is 5.47. The van der Waals surface area contributed by atoms with Crippen molar-refractivity contribution >= 4 is 34.5 Å². The maximum Gasteiger partial charge on any atom is 0.259 e. The van der Waals surface area contributed by atoms with Crippen LogP contribution in [-0.4, -0.2) is 39.7 Å². The van der Waals surface area contributed by atoms with Crippen molar-refractivity contribution < 1.29 is 4.79 Å². The Labute approximate surface area is 134 Å². The average molecular weight is 319 g/mol. The molecule has 0 unspecified atom stereocenters. The van der Waals surface area contributed by atoms with E-state index in [4.69, 9.17) is 0 Å². The standard InChI is InChI=1S/C13H15N5OS.C2H6/c1-2-14-13(19)10-7-18(5-6-20-10)12-9-3-4-15-11(9)16-8-17-12;1-2/h3-4,7-8H,2,5-6H2,1H3,(H,14,19)(H,15,16,17);1-2H3. The zero-order valence-electron chi connectivity index (χ0n) is 13.1. The van der Waals surface area contributed by atoms with Crippen LogP contribution in [0.25, 0.3) is 11.0 Å². The lowest BCUT2D eigenvalue weighted by Gasteiger charge is -2.25. The Morgan fingerprint density at radius 2 is 2.27 bits per heavy atom. The number of carbonyl (C=O) groups excluding carboxylic acids is 1. The number of carbonyl (C=O) groups is 1. The number of nitrogens with one attached hydrogen (secondary N) is 2. The highest BCUT2D eigenvalue weighted by Crippen LogP contribution is 2.28. The topological polar surface area (TPSA) is 73.9 Å². The number of nitrogens with zero attached hydrogens (tertiary/aromatic N) is 3. The van der Waals surface area contributed by atoms with Gasteiger partial charge in [0.05, 0.1) is 10.3 Å². The number of aromatic amines is 1. The van der Waals surface area contributed by atoms with Gasteiger partial charge in [-0.15, -0.1) is 11.8 Å². The third-order valence-corrected chi connectivity index (χ3v) is 4.02. The van der Waals surface area contributed by atoms with Gasteiger partial charge in [-0.05, 0) is 13.0 Å². The smallest absolute Gasteiger partial charge is 0.259 e. The van der Waals surface area contributed by atoms with Crippen LogP contribution in [0.5, 0.6) is 0 Å². The van der Waals surface area contributed by atoms with Crippen LogP contribution in [0.2, 0.25) is 0 Å². The second kappa shape index (κ2) is 7.84. The lowest BCUT2D eigenvalue weighted by molar-refractivity contribution is -0.116. The minimum absolute atomic E-state index is 0.0263. The van der Waals surface area contributed by atoms with Gasteiger partial charge >= 0.3 is 0 Å². The molecule has 1 aliphatic heterocycles. The maximum atomic E-state index is 11.9. The molecule has 0 fully saturated rings. The summed E-state index contributed by atoms with van der Waals surface area (Å²) >= 11 is 1.57. The van der Waals surface area contributed by atoms with Gasteiger partial charge in [-0.25, -0.2) is 9.97 Å².